The number of benzene rings is 1. The van der Waals surface area contributed by atoms with Gasteiger partial charge in [-0.25, -0.2) is 4.98 Å². The summed E-state index contributed by atoms with van der Waals surface area (Å²) in [6.45, 7) is 4.08. The first-order valence-corrected chi connectivity index (χ1v) is 7.26. The van der Waals surface area contributed by atoms with E-state index in [2.05, 4.69) is 22.4 Å². The number of nitrogens with zero attached hydrogens (tertiary/aromatic N) is 1. The Morgan fingerprint density at radius 1 is 1.32 bits per heavy atom. The number of rotatable bonds is 5. The van der Waals surface area contributed by atoms with Crippen molar-refractivity contribution in [1.29, 1.82) is 0 Å². The molecule has 0 saturated heterocycles. The molecule has 0 aliphatic rings. The molecule has 2 aromatic rings. The first kappa shape index (κ1) is 13.7. The van der Waals surface area contributed by atoms with Gasteiger partial charge in [0.1, 0.15) is 5.69 Å². The minimum atomic E-state index is -0.240. The van der Waals surface area contributed by atoms with Crippen LogP contribution >= 0.6 is 11.3 Å². The number of hydrogen-bond donors (Lipinski definition) is 1. The van der Waals surface area contributed by atoms with Crippen LogP contribution in [0.2, 0.25) is 0 Å². The average Bonchev–Trinajstić information content (AvgIpc) is 2.91. The lowest BCUT2D eigenvalue weighted by molar-refractivity contribution is 0.0905. The van der Waals surface area contributed by atoms with Crippen LogP contribution in [0.25, 0.3) is 0 Å². The lowest BCUT2D eigenvalue weighted by atomic mass is 9.95. The molecule has 0 radical (unpaired) electrons. The molecular weight excluding hydrogens is 256 g/mol. The normalized spacial score (nSPS) is 11.3. The number of carbonyl (C=O) groups excluding carboxylic acids is 1. The van der Waals surface area contributed by atoms with E-state index in [0.717, 1.165) is 12.8 Å². The van der Waals surface area contributed by atoms with Crippen molar-refractivity contribution in [3.8, 4) is 0 Å². The Labute approximate surface area is 117 Å². The summed E-state index contributed by atoms with van der Waals surface area (Å²) in [4.78, 5) is 16.0. The summed E-state index contributed by atoms with van der Waals surface area (Å²) in [7, 11) is 0. The molecule has 4 heteroatoms. The van der Waals surface area contributed by atoms with E-state index >= 15 is 0 Å². The van der Waals surface area contributed by atoms with Gasteiger partial charge in [-0.2, -0.15) is 0 Å². The SMILES string of the molecule is CC(C)(CCc1ccccc1)NC(=O)c1cscn1. The summed E-state index contributed by atoms with van der Waals surface area (Å²) < 4.78 is 0. The van der Waals surface area contributed by atoms with Gasteiger partial charge in [0.25, 0.3) is 5.91 Å². The van der Waals surface area contributed by atoms with Crippen LogP contribution in [0.4, 0.5) is 0 Å². The standard InChI is InChI=1S/C15H18N2OS/c1-15(2,9-8-12-6-4-3-5-7-12)17-14(18)13-10-19-11-16-13/h3-7,10-11H,8-9H2,1-2H3,(H,17,18). The number of amides is 1. The van der Waals surface area contributed by atoms with Crippen molar-refractivity contribution in [1.82, 2.24) is 10.3 Å². The van der Waals surface area contributed by atoms with Crippen LogP contribution in [0, 0.1) is 0 Å². The second-order valence-corrected chi connectivity index (χ2v) is 5.92. The molecule has 0 atom stereocenters. The maximum absolute atomic E-state index is 12.0. The number of nitrogens with one attached hydrogen (secondary N) is 1. The lowest BCUT2D eigenvalue weighted by Crippen LogP contribution is -2.43. The average molecular weight is 274 g/mol. The van der Waals surface area contributed by atoms with Crippen LogP contribution < -0.4 is 5.32 Å². The van der Waals surface area contributed by atoms with E-state index in [1.807, 2.05) is 32.0 Å². The van der Waals surface area contributed by atoms with Crippen molar-refractivity contribution < 1.29 is 4.79 Å². The molecule has 1 aromatic carbocycles. The van der Waals surface area contributed by atoms with E-state index in [0.29, 0.717) is 5.69 Å². The van der Waals surface area contributed by atoms with Crippen molar-refractivity contribution in [2.45, 2.75) is 32.2 Å². The monoisotopic (exact) mass is 274 g/mol. The van der Waals surface area contributed by atoms with Crippen LogP contribution in [0.3, 0.4) is 0 Å². The predicted octanol–water partition coefficient (Wildman–Crippen LogP) is 3.28. The van der Waals surface area contributed by atoms with Crippen molar-refractivity contribution in [3.63, 3.8) is 0 Å². The quantitative estimate of drug-likeness (QED) is 0.909. The highest BCUT2D eigenvalue weighted by molar-refractivity contribution is 7.07. The summed E-state index contributed by atoms with van der Waals surface area (Å²) in [5.41, 5.74) is 3.22. The maximum Gasteiger partial charge on any atom is 0.271 e. The van der Waals surface area contributed by atoms with Gasteiger partial charge in [0.15, 0.2) is 0 Å². The van der Waals surface area contributed by atoms with Crippen LogP contribution in [-0.2, 0) is 6.42 Å². The Kier molecular flexibility index (Phi) is 4.32. The molecule has 0 fully saturated rings. The van der Waals surface area contributed by atoms with E-state index in [4.69, 9.17) is 0 Å². The second-order valence-electron chi connectivity index (χ2n) is 5.20. The predicted molar refractivity (Wildman–Crippen MR) is 78.4 cm³/mol. The van der Waals surface area contributed by atoms with Gasteiger partial charge in [-0.1, -0.05) is 30.3 Å². The highest BCUT2D eigenvalue weighted by Gasteiger charge is 2.21. The highest BCUT2D eigenvalue weighted by atomic mass is 32.1. The van der Waals surface area contributed by atoms with Gasteiger partial charge in [0, 0.05) is 10.9 Å². The highest BCUT2D eigenvalue weighted by Crippen LogP contribution is 2.14. The zero-order valence-corrected chi connectivity index (χ0v) is 12.0. The minimum absolute atomic E-state index is 0.0979. The topological polar surface area (TPSA) is 42.0 Å². The van der Waals surface area contributed by atoms with Gasteiger partial charge in [0.05, 0.1) is 5.51 Å². The smallest absolute Gasteiger partial charge is 0.271 e. The number of hydrogen-bond acceptors (Lipinski definition) is 3. The molecule has 0 unspecified atom stereocenters. The molecule has 0 aliphatic heterocycles. The third-order valence-electron chi connectivity index (χ3n) is 3.00. The van der Waals surface area contributed by atoms with Gasteiger partial charge >= 0.3 is 0 Å². The molecule has 1 amide bonds. The van der Waals surface area contributed by atoms with Gasteiger partial charge in [-0.05, 0) is 32.3 Å². The van der Waals surface area contributed by atoms with Crippen LogP contribution in [-0.4, -0.2) is 16.4 Å². The molecule has 19 heavy (non-hydrogen) atoms. The Hall–Kier alpha value is -1.68. The number of aromatic nitrogens is 1. The van der Waals surface area contributed by atoms with E-state index in [1.54, 1.807) is 10.9 Å². The van der Waals surface area contributed by atoms with Crippen molar-refractivity contribution in [3.05, 3.63) is 52.5 Å². The Morgan fingerprint density at radius 3 is 2.68 bits per heavy atom. The third kappa shape index (κ3) is 4.17. The van der Waals surface area contributed by atoms with Gasteiger partial charge < -0.3 is 5.32 Å². The molecule has 2 rings (SSSR count). The molecule has 0 spiro atoms. The van der Waals surface area contributed by atoms with Gasteiger partial charge in [-0.15, -0.1) is 11.3 Å². The summed E-state index contributed by atoms with van der Waals surface area (Å²) in [5, 5.41) is 4.80. The number of thiazole rings is 1. The van der Waals surface area contributed by atoms with E-state index in [9.17, 15) is 4.79 Å². The maximum atomic E-state index is 12.0. The molecule has 1 aromatic heterocycles. The fourth-order valence-electron chi connectivity index (χ4n) is 1.86. The molecule has 0 bridgehead atoms. The number of carbonyl (C=O) groups is 1. The lowest BCUT2D eigenvalue weighted by Gasteiger charge is -2.26. The van der Waals surface area contributed by atoms with E-state index in [1.165, 1.54) is 16.9 Å². The van der Waals surface area contributed by atoms with Gasteiger partial charge in [0.2, 0.25) is 0 Å². The molecule has 1 N–H and O–H groups in total. The summed E-state index contributed by atoms with van der Waals surface area (Å²) in [6.07, 6.45) is 1.85. The molecular formula is C15H18N2OS. The first-order valence-electron chi connectivity index (χ1n) is 6.31. The molecule has 3 nitrogen and oxygen atoms in total. The van der Waals surface area contributed by atoms with Crippen molar-refractivity contribution in [2.24, 2.45) is 0 Å². The molecule has 0 aliphatic carbocycles. The summed E-state index contributed by atoms with van der Waals surface area (Å²) in [5.74, 6) is -0.0979. The molecule has 0 saturated carbocycles. The molecule has 100 valence electrons. The zero-order valence-electron chi connectivity index (χ0n) is 11.2. The zero-order chi connectivity index (χ0) is 13.7. The van der Waals surface area contributed by atoms with Crippen LogP contribution in [0.15, 0.2) is 41.2 Å². The van der Waals surface area contributed by atoms with Gasteiger partial charge in [-0.3, -0.25) is 4.79 Å². The summed E-state index contributed by atoms with van der Waals surface area (Å²) in [6, 6.07) is 10.3. The third-order valence-corrected chi connectivity index (χ3v) is 3.58. The van der Waals surface area contributed by atoms with E-state index in [-0.39, 0.29) is 11.4 Å². The minimum Gasteiger partial charge on any atom is -0.346 e. The fraction of sp³-hybridized carbons (Fsp3) is 0.333. The van der Waals surface area contributed by atoms with Crippen molar-refractivity contribution >= 4 is 17.2 Å². The Morgan fingerprint density at radius 2 is 2.05 bits per heavy atom. The largest absolute Gasteiger partial charge is 0.346 e. The number of aryl methyl sites for hydroxylation is 1. The summed E-state index contributed by atoms with van der Waals surface area (Å²) >= 11 is 1.43. The molecule has 1 heterocycles. The van der Waals surface area contributed by atoms with Crippen molar-refractivity contribution in [2.75, 3.05) is 0 Å². The Balaban J connectivity index is 1.90. The van der Waals surface area contributed by atoms with E-state index < -0.39 is 0 Å². The fourth-order valence-corrected chi connectivity index (χ4v) is 2.39. The Bertz CT molecular complexity index is 520. The van der Waals surface area contributed by atoms with Crippen LogP contribution in [0.5, 0.6) is 0 Å². The second kappa shape index (κ2) is 5.97. The van der Waals surface area contributed by atoms with Crippen LogP contribution in [0.1, 0.15) is 36.3 Å². The first-order chi connectivity index (χ1) is 9.07.